The molecule has 0 radical (unpaired) electrons. The zero-order valence-electron chi connectivity index (χ0n) is 23.6. The molecule has 2 fully saturated rings. The summed E-state index contributed by atoms with van der Waals surface area (Å²) in [5.41, 5.74) is 3.07. The van der Waals surface area contributed by atoms with Crippen molar-refractivity contribution in [2.45, 2.75) is 122 Å². The van der Waals surface area contributed by atoms with Crippen LogP contribution in [0.4, 0.5) is 0 Å². The molecule has 1 aromatic rings. The predicted molar refractivity (Wildman–Crippen MR) is 158 cm³/mol. The molecule has 0 heteroatoms. The van der Waals surface area contributed by atoms with Gasteiger partial charge in [-0.15, -0.1) is 0 Å². The van der Waals surface area contributed by atoms with Crippen LogP contribution in [0.25, 0.3) is 0 Å². The largest absolute Gasteiger partial charge is 0.0848 e. The maximum Gasteiger partial charge on any atom is -0.00529 e. The van der Waals surface area contributed by atoms with Gasteiger partial charge in [-0.25, -0.2) is 0 Å². The van der Waals surface area contributed by atoms with Gasteiger partial charge in [0.25, 0.3) is 0 Å². The van der Waals surface area contributed by atoms with Crippen LogP contribution in [0, 0.1) is 29.6 Å². The highest BCUT2D eigenvalue weighted by Crippen LogP contribution is 2.37. The van der Waals surface area contributed by atoms with Crippen molar-refractivity contribution in [3.05, 3.63) is 71.8 Å². The first-order valence-corrected chi connectivity index (χ1v) is 15.9. The Hall–Kier alpha value is -1.56. The number of hydrogen-bond acceptors (Lipinski definition) is 0. The highest BCUT2D eigenvalue weighted by molar-refractivity contribution is 5.26. The van der Waals surface area contributed by atoms with Crippen molar-refractivity contribution in [1.29, 1.82) is 0 Å². The Morgan fingerprint density at radius 3 is 1.72 bits per heavy atom. The van der Waals surface area contributed by atoms with Crippen molar-refractivity contribution in [1.82, 2.24) is 0 Å². The van der Waals surface area contributed by atoms with Crippen LogP contribution >= 0.6 is 0 Å². The highest BCUT2D eigenvalue weighted by atomic mass is 14.3. The lowest BCUT2D eigenvalue weighted by atomic mass is 9.77. The van der Waals surface area contributed by atoms with Crippen LogP contribution in [-0.4, -0.2) is 0 Å². The molecule has 1 aromatic carbocycles. The van der Waals surface area contributed by atoms with Crippen LogP contribution in [0.5, 0.6) is 0 Å². The molecule has 198 valence electrons. The van der Waals surface area contributed by atoms with Crippen molar-refractivity contribution in [3.8, 4) is 0 Å². The Kier molecular flexibility index (Phi) is 11.4. The first-order chi connectivity index (χ1) is 17.7. The maximum absolute atomic E-state index is 2.59. The lowest BCUT2D eigenvalue weighted by Crippen LogP contribution is -2.13. The van der Waals surface area contributed by atoms with Crippen molar-refractivity contribution >= 4 is 0 Å². The summed E-state index contributed by atoms with van der Waals surface area (Å²) in [5, 5.41) is 0. The predicted octanol–water partition coefficient (Wildman–Crippen LogP) is 11.0. The highest BCUT2D eigenvalue weighted by Gasteiger charge is 2.22. The lowest BCUT2D eigenvalue weighted by molar-refractivity contribution is 0.289. The van der Waals surface area contributed by atoms with Crippen LogP contribution in [-0.2, 0) is 6.42 Å². The van der Waals surface area contributed by atoms with Crippen LogP contribution in [0.3, 0.4) is 0 Å². The Labute approximate surface area is 223 Å². The first-order valence-electron chi connectivity index (χ1n) is 15.9. The summed E-state index contributed by atoms with van der Waals surface area (Å²) in [7, 11) is 0. The monoisotopic (exact) mass is 486 g/mol. The number of aryl methyl sites for hydroxylation is 1. The van der Waals surface area contributed by atoms with Gasteiger partial charge in [-0.05, 0) is 117 Å². The summed E-state index contributed by atoms with van der Waals surface area (Å²) >= 11 is 0. The minimum absolute atomic E-state index is 0.664. The standard InChI is InChI=1S/C36H54/c1-3-5-6-8-30-9-11-31(12-10-30)13-14-32-15-17-33(18-16-32)19-20-34-23-27-36(28-24-34)35-25-21-29(7-4-2)22-26-35/h13-15,17,19-22,25-26,30-34,36H,3-12,16,18,23-24,27-28H2,1-2H3. The second kappa shape index (κ2) is 15.0. The fourth-order valence-corrected chi connectivity index (χ4v) is 7.03. The summed E-state index contributed by atoms with van der Waals surface area (Å²) in [5.74, 6) is 4.79. The Morgan fingerprint density at radius 2 is 1.19 bits per heavy atom. The average Bonchev–Trinajstić information content (AvgIpc) is 2.93. The fourth-order valence-electron chi connectivity index (χ4n) is 7.03. The summed E-state index contributed by atoms with van der Waals surface area (Å²) in [4.78, 5) is 0. The van der Waals surface area contributed by atoms with Gasteiger partial charge in [0.15, 0.2) is 0 Å². The molecule has 0 bridgehead atoms. The topological polar surface area (TPSA) is 0 Å². The van der Waals surface area contributed by atoms with Gasteiger partial charge in [-0.3, -0.25) is 0 Å². The van der Waals surface area contributed by atoms with Crippen molar-refractivity contribution in [2.24, 2.45) is 29.6 Å². The molecule has 0 N–H and O–H groups in total. The minimum Gasteiger partial charge on any atom is -0.0848 e. The van der Waals surface area contributed by atoms with Crippen molar-refractivity contribution < 1.29 is 0 Å². The molecule has 0 aromatic heterocycles. The molecule has 3 aliphatic carbocycles. The third-order valence-electron chi connectivity index (χ3n) is 9.57. The van der Waals surface area contributed by atoms with Crippen LogP contribution in [0.15, 0.2) is 60.7 Å². The van der Waals surface area contributed by atoms with E-state index in [2.05, 4.69) is 74.6 Å². The second-order valence-corrected chi connectivity index (χ2v) is 12.4. The number of rotatable bonds is 11. The summed E-state index contributed by atoms with van der Waals surface area (Å²) in [6.07, 6.45) is 37.3. The molecule has 2 unspecified atom stereocenters. The number of allylic oxidation sites excluding steroid dienone is 6. The first kappa shape index (κ1) is 27.5. The number of hydrogen-bond donors (Lipinski definition) is 0. The molecule has 0 saturated heterocycles. The average molecular weight is 487 g/mol. The van der Waals surface area contributed by atoms with E-state index < -0.39 is 0 Å². The molecular formula is C36H54. The van der Waals surface area contributed by atoms with Gasteiger partial charge in [-0.1, -0.05) is 107 Å². The van der Waals surface area contributed by atoms with Crippen molar-refractivity contribution in [2.75, 3.05) is 0 Å². The van der Waals surface area contributed by atoms with Gasteiger partial charge >= 0.3 is 0 Å². The SMILES string of the molecule is CCCCCC1CCC(C=CC2C=CC(C=CC3CCC(c4ccc(CCC)cc4)CC3)CC2)CC1. The zero-order chi connectivity index (χ0) is 25.0. The molecular weight excluding hydrogens is 432 g/mol. The Morgan fingerprint density at radius 1 is 0.611 bits per heavy atom. The van der Waals surface area contributed by atoms with Gasteiger partial charge in [0.2, 0.25) is 0 Å². The molecule has 2 atom stereocenters. The Balaban J connectivity index is 1.13. The van der Waals surface area contributed by atoms with Gasteiger partial charge in [0.05, 0.1) is 0 Å². The smallest absolute Gasteiger partial charge is 0.00529 e. The van der Waals surface area contributed by atoms with E-state index in [1.807, 2.05) is 0 Å². The van der Waals surface area contributed by atoms with E-state index in [9.17, 15) is 0 Å². The third kappa shape index (κ3) is 8.78. The van der Waals surface area contributed by atoms with Gasteiger partial charge in [0, 0.05) is 0 Å². The van der Waals surface area contributed by atoms with Crippen LogP contribution < -0.4 is 0 Å². The molecule has 0 spiro atoms. The van der Waals surface area contributed by atoms with Gasteiger partial charge in [-0.2, -0.15) is 0 Å². The van der Waals surface area contributed by atoms with E-state index in [1.165, 1.54) is 108 Å². The van der Waals surface area contributed by atoms with E-state index in [0.717, 1.165) is 23.7 Å². The summed E-state index contributed by atoms with van der Waals surface area (Å²) in [6.45, 7) is 4.59. The minimum atomic E-state index is 0.664. The molecule has 0 heterocycles. The third-order valence-corrected chi connectivity index (χ3v) is 9.57. The number of benzene rings is 1. The van der Waals surface area contributed by atoms with Gasteiger partial charge in [0.1, 0.15) is 0 Å². The quantitative estimate of drug-likeness (QED) is 0.215. The van der Waals surface area contributed by atoms with E-state index in [4.69, 9.17) is 0 Å². The summed E-state index contributed by atoms with van der Waals surface area (Å²) < 4.78 is 0. The van der Waals surface area contributed by atoms with E-state index in [1.54, 1.807) is 5.56 Å². The normalized spacial score (nSPS) is 31.4. The van der Waals surface area contributed by atoms with Crippen LogP contribution in [0.2, 0.25) is 0 Å². The van der Waals surface area contributed by atoms with E-state index in [0.29, 0.717) is 11.8 Å². The van der Waals surface area contributed by atoms with E-state index >= 15 is 0 Å². The van der Waals surface area contributed by atoms with Crippen molar-refractivity contribution in [3.63, 3.8) is 0 Å². The molecule has 0 amide bonds. The molecule has 0 aliphatic heterocycles. The fraction of sp³-hybridized carbons (Fsp3) is 0.667. The molecule has 36 heavy (non-hydrogen) atoms. The summed E-state index contributed by atoms with van der Waals surface area (Å²) in [6, 6.07) is 9.54. The van der Waals surface area contributed by atoms with Crippen LogP contribution in [0.1, 0.15) is 127 Å². The maximum atomic E-state index is 2.59. The van der Waals surface area contributed by atoms with Gasteiger partial charge < -0.3 is 0 Å². The molecule has 2 saturated carbocycles. The second-order valence-electron chi connectivity index (χ2n) is 12.4. The van der Waals surface area contributed by atoms with E-state index in [-0.39, 0.29) is 0 Å². The molecule has 3 aliphatic rings. The zero-order valence-corrected chi connectivity index (χ0v) is 23.6. The Bertz CT molecular complexity index is 808. The lowest BCUT2D eigenvalue weighted by Gasteiger charge is -2.28. The molecule has 4 rings (SSSR count). The molecule has 0 nitrogen and oxygen atoms in total. The number of unbranched alkanes of at least 4 members (excludes halogenated alkanes) is 2.